The first-order chi connectivity index (χ1) is 17.6. The van der Waals surface area contributed by atoms with Gasteiger partial charge >= 0.3 is 12.1 Å². The van der Waals surface area contributed by atoms with Gasteiger partial charge in [-0.1, -0.05) is 36.4 Å². The van der Waals surface area contributed by atoms with Crippen molar-refractivity contribution in [1.82, 2.24) is 15.0 Å². The summed E-state index contributed by atoms with van der Waals surface area (Å²) in [6.45, 7) is 0.866. The molecule has 0 aliphatic carbocycles. The van der Waals surface area contributed by atoms with Gasteiger partial charge in [0.1, 0.15) is 24.0 Å². The molecule has 0 fully saturated rings. The van der Waals surface area contributed by atoms with E-state index >= 15 is 0 Å². The molecule has 0 atom stereocenters. The number of aliphatic carboxylic acids is 1. The molecular formula is C25H23F3N6O3. The van der Waals surface area contributed by atoms with Crippen LogP contribution >= 0.6 is 0 Å². The highest BCUT2D eigenvalue weighted by Gasteiger charge is 2.38. The number of alkyl halides is 3. The first-order valence-electron chi connectivity index (χ1n) is 10.8. The molecule has 12 heteroatoms. The zero-order chi connectivity index (χ0) is 26.8. The van der Waals surface area contributed by atoms with Crippen LogP contribution < -0.4 is 15.8 Å². The van der Waals surface area contributed by atoms with Gasteiger partial charge in [0.25, 0.3) is 0 Å². The third kappa shape index (κ3) is 8.09. The second-order valence-electron chi connectivity index (χ2n) is 7.54. The minimum absolute atomic E-state index is 0.0405. The van der Waals surface area contributed by atoms with Crippen LogP contribution in [0.5, 0.6) is 5.75 Å². The van der Waals surface area contributed by atoms with Crippen molar-refractivity contribution in [2.24, 2.45) is 5.73 Å². The summed E-state index contributed by atoms with van der Waals surface area (Å²) in [6.07, 6.45) is 0.206. The summed E-state index contributed by atoms with van der Waals surface area (Å²) in [7, 11) is 0. The number of ether oxygens (including phenoxy) is 1. The van der Waals surface area contributed by atoms with E-state index in [2.05, 4.69) is 20.3 Å². The number of nitrogens with one attached hydrogen (secondary N) is 3. The molecule has 0 saturated carbocycles. The molecule has 2 aromatic carbocycles. The Morgan fingerprint density at radius 3 is 2.46 bits per heavy atom. The molecule has 0 amide bonds. The van der Waals surface area contributed by atoms with Crippen molar-refractivity contribution in [3.63, 3.8) is 0 Å². The van der Waals surface area contributed by atoms with Crippen molar-refractivity contribution in [3.8, 4) is 17.0 Å². The molecule has 0 aliphatic rings. The fourth-order valence-electron chi connectivity index (χ4n) is 3.02. The molecule has 0 radical (unpaired) electrons. The Labute approximate surface area is 209 Å². The number of amidine groups is 1. The van der Waals surface area contributed by atoms with E-state index in [0.29, 0.717) is 24.5 Å². The number of anilines is 1. The Morgan fingerprint density at radius 2 is 1.84 bits per heavy atom. The molecule has 0 aliphatic heterocycles. The zero-order valence-corrected chi connectivity index (χ0v) is 19.3. The smallest absolute Gasteiger partial charge is 0.488 e. The molecule has 37 heavy (non-hydrogen) atoms. The number of nitrogens with two attached hydrogens (primary N) is 1. The SMILES string of the molecule is N=C(N)c1ccc(NCc2ncc(-c3ccccc3)[nH]2)cc1OCc1cccnc1.O=C(O)C(F)(F)F. The number of halogens is 3. The van der Waals surface area contributed by atoms with Crippen LogP contribution in [0.2, 0.25) is 0 Å². The molecule has 0 spiro atoms. The maximum atomic E-state index is 10.6. The van der Waals surface area contributed by atoms with Crippen molar-refractivity contribution < 1.29 is 27.8 Å². The molecule has 4 rings (SSSR count). The maximum absolute atomic E-state index is 10.6. The average molecular weight is 512 g/mol. The molecule has 192 valence electrons. The Balaban J connectivity index is 0.000000479. The largest absolute Gasteiger partial charge is 0.490 e. The topological polar surface area (TPSA) is 150 Å². The molecule has 0 unspecified atom stereocenters. The summed E-state index contributed by atoms with van der Waals surface area (Å²) < 4.78 is 37.7. The maximum Gasteiger partial charge on any atom is 0.490 e. The number of rotatable bonds is 8. The zero-order valence-electron chi connectivity index (χ0n) is 19.3. The van der Waals surface area contributed by atoms with Gasteiger partial charge < -0.3 is 25.9 Å². The molecule has 2 heterocycles. The van der Waals surface area contributed by atoms with Crippen LogP contribution in [0.15, 0.2) is 79.3 Å². The Bertz CT molecular complexity index is 1330. The molecule has 0 saturated heterocycles. The van der Waals surface area contributed by atoms with Crippen molar-refractivity contribution in [2.45, 2.75) is 19.3 Å². The second kappa shape index (κ2) is 12.2. The Hall–Kier alpha value is -4.87. The summed E-state index contributed by atoms with van der Waals surface area (Å²) in [5, 5.41) is 18.3. The number of H-pyrrole nitrogens is 1. The normalized spacial score (nSPS) is 10.7. The summed E-state index contributed by atoms with van der Waals surface area (Å²) in [6, 6.07) is 19.3. The fourth-order valence-corrected chi connectivity index (χ4v) is 3.02. The number of carboxylic acid groups (broad SMARTS) is 1. The van der Waals surface area contributed by atoms with Gasteiger partial charge in [0.05, 0.1) is 24.0 Å². The number of pyridine rings is 1. The quantitative estimate of drug-likeness (QED) is 0.171. The van der Waals surface area contributed by atoms with Gasteiger partial charge in [-0.2, -0.15) is 13.2 Å². The number of hydrogen-bond donors (Lipinski definition) is 5. The van der Waals surface area contributed by atoms with Crippen molar-refractivity contribution in [2.75, 3.05) is 5.32 Å². The number of hydrogen-bond acceptors (Lipinski definition) is 6. The lowest BCUT2D eigenvalue weighted by atomic mass is 10.1. The molecule has 6 N–H and O–H groups in total. The number of aromatic amines is 1. The lowest BCUT2D eigenvalue weighted by Gasteiger charge is -2.13. The second-order valence-corrected chi connectivity index (χ2v) is 7.54. The first kappa shape index (κ1) is 26.7. The van der Waals surface area contributed by atoms with Gasteiger partial charge in [-0.3, -0.25) is 10.4 Å². The number of carbonyl (C=O) groups is 1. The predicted octanol–water partition coefficient (Wildman–Crippen LogP) is 4.58. The van der Waals surface area contributed by atoms with Crippen LogP contribution in [0, 0.1) is 5.41 Å². The minimum Gasteiger partial charge on any atom is -0.488 e. The number of carboxylic acids is 1. The molecule has 9 nitrogen and oxygen atoms in total. The van der Waals surface area contributed by atoms with Crippen LogP contribution in [-0.2, 0) is 17.9 Å². The summed E-state index contributed by atoms with van der Waals surface area (Å²) in [5.74, 6) is -1.43. The first-order valence-corrected chi connectivity index (χ1v) is 10.8. The van der Waals surface area contributed by atoms with Gasteiger partial charge in [-0.05, 0) is 23.8 Å². The van der Waals surface area contributed by atoms with Gasteiger partial charge in [-0.15, -0.1) is 0 Å². The average Bonchev–Trinajstić information content (AvgIpc) is 3.36. The van der Waals surface area contributed by atoms with E-state index in [4.69, 9.17) is 25.8 Å². The van der Waals surface area contributed by atoms with Crippen LogP contribution in [-0.4, -0.2) is 38.0 Å². The van der Waals surface area contributed by atoms with Gasteiger partial charge in [0, 0.05) is 29.7 Å². The van der Waals surface area contributed by atoms with Crippen molar-refractivity contribution in [3.05, 3.63) is 96.2 Å². The number of benzene rings is 2. The van der Waals surface area contributed by atoms with Crippen LogP contribution in [0.4, 0.5) is 18.9 Å². The number of nitrogen functional groups attached to an aromatic ring is 1. The summed E-state index contributed by atoms with van der Waals surface area (Å²) in [5.41, 5.74) is 10.1. The number of aromatic nitrogens is 3. The number of nitrogens with zero attached hydrogens (tertiary/aromatic N) is 2. The van der Waals surface area contributed by atoms with Crippen molar-refractivity contribution >= 4 is 17.5 Å². The number of imidazole rings is 1. The molecule has 4 aromatic rings. The summed E-state index contributed by atoms with van der Waals surface area (Å²) in [4.78, 5) is 20.8. The summed E-state index contributed by atoms with van der Waals surface area (Å²) >= 11 is 0. The third-order valence-electron chi connectivity index (χ3n) is 4.80. The van der Waals surface area contributed by atoms with Gasteiger partial charge in [0.15, 0.2) is 0 Å². The van der Waals surface area contributed by atoms with E-state index in [1.165, 1.54) is 0 Å². The highest BCUT2D eigenvalue weighted by atomic mass is 19.4. The lowest BCUT2D eigenvalue weighted by Crippen LogP contribution is -2.21. The van der Waals surface area contributed by atoms with E-state index in [1.54, 1.807) is 18.5 Å². The lowest BCUT2D eigenvalue weighted by molar-refractivity contribution is -0.192. The predicted molar refractivity (Wildman–Crippen MR) is 131 cm³/mol. The van der Waals surface area contributed by atoms with Crippen LogP contribution in [0.25, 0.3) is 11.3 Å². The molecule has 0 bridgehead atoms. The molecule has 2 aromatic heterocycles. The third-order valence-corrected chi connectivity index (χ3v) is 4.80. The van der Waals surface area contributed by atoms with E-state index in [9.17, 15) is 13.2 Å². The van der Waals surface area contributed by atoms with Crippen molar-refractivity contribution in [1.29, 1.82) is 5.41 Å². The standard InChI is InChI=1S/C23H22N6O.C2HF3O2/c24-23(25)19-9-8-18(11-21(19)30-15-16-5-4-10-26-12-16)27-14-22-28-13-20(29-22)17-6-2-1-3-7-17;3-2(4,5)1(6)7/h1-13,27H,14-15H2,(H3,24,25)(H,28,29);(H,6,7). The Morgan fingerprint density at radius 1 is 1.11 bits per heavy atom. The minimum atomic E-state index is -5.08. The van der Waals surface area contributed by atoms with Gasteiger partial charge in [0.2, 0.25) is 0 Å². The molecular weight excluding hydrogens is 489 g/mol. The van der Waals surface area contributed by atoms with E-state index < -0.39 is 12.1 Å². The van der Waals surface area contributed by atoms with E-state index in [0.717, 1.165) is 28.3 Å². The Kier molecular flexibility index (Phi) is 8.81. The van der Waals surface area contributed by atoms with Crippen LogP contribution in [0.3, 0.4) is 0 Å². The van der Waals surface area contributed by atoms with Crippen LogP contribution in [0.1, 0.15) is 17.0 Å². The highest BCUT2D eigenvalue weighted by molar-refractivity contribution is 5.98. The highest BCUT2D eigenvalue weighted by Crippen LogP contribution is 2.25. The van der Waals surface area contributed by atoms with E-state index in [-0.39, 0.29) is 5.84 Å². The monoisotopic (exact) mass is 512 g/mol. The fraction of sp³-hybridized carbons (Fsp3) is 0.120. The van der Waals surface area contributed by atoms with Gasteiger partial charge in [-0.25, -0.2) is 9.78 Å². The van der Waals surface area contributed by atoms with E-state index in [1.807, 2.05) is 60.8 Å².